The van der Waals surface area contributed by atoms with E-state index in [0.717, 1.165) is 12.1 Å². The van der Waals surface area contributed by atoms with Crippen LogP contribution in [0.15, 0.2) is 12.1 Å². The predicted molar refractivity (Wildman–Crippen MR) is 58.4 cm³/mol. The molecule has 0 fully saturated rings. The van der Waals surface area contributed by atoms with Crippen LogP contribution >= 0.6 is 0 Å². The first-order valence-corrected chi connectivity index (χ1v) is 4.92. The zero-order chi connectivity index (χ0) is 13.0. The van der Waals surface area contributed by atoms with Gasteiger partial charge in [0.25, 0.3) is 0 Å². The Kier molecular flexibility index (Phi) is 4.39. The average molecular weight is 244 g/mol. The summed E-state index contributed by atoms with van der Waals surface area (Å²) in [5.74, 6) is -1.96. The van der Waals surface area contributed by atoms with Gasteiger partial charge in [0.1, 0.15) is 5.82 Å². The molecule has 0 heterocycles. The first-order chi connectivity index (χ1) is 7.93. The molecule has 17 heavy (non-hydrogen) atoms. The second-order valence-corrected chi connectivity index (χ2v) is 3.68. The van der Waals surface area contributed by atoms with Crippen LogP contribution in [-0.4, -0.2) is 32.1 Å². The molecule has 4 nitrogen and oxygen atoms in total. The lowest BCUT2D eigenvalue weighted by molar-refractivity contribution is -0.124. The number of nitrogens with one attached hydrogen (secondary N) is 1. The summed E-state index contributed by atoms with van der Waals surface area (Å²) in [5.41, 5.74) is 2.43. The third-order valence-electron chi connectivity index (χ3n) is 2.02. The van der Waals surface area contributed by atoms with Gasteiger partial charge in [-0.1, -0.05) is 0 Å². The van der Waals surface area contributed by atoms with Gasteiger partial charge >= 0.3 is 0 Å². The van der Waals surface area contributed by atoms with Gasteiger partial charge in [-0.15, -0.1) is 0 Å². The summed E-state index contributed by atoms with van der Waals surface area (Å²) in [4.78, 5) is 11.4. The lowest BCUT2D eigenvalue weighted by Gasteiger charge is -2.12. The topological polar surface area (TPSA) is 41.6 Å². The van der Waals surface area contributed by atoms with Crippen molar-refractivity contribution in [3.63, 3.8) is 0 Å². The van der Waals surface area contributed by atoms with E-state index in [1.165, 1.54) is 12.1 Å². The molecule has 0 unspecified atom stereocenters. The molecule has 1 aromatic rings. The molecule has 1 N–H and O–H groups in total. The minimum atomic E-state index is -0.693. The Morgan fingerprint density at radius 3 is 2.53 bits per heavy atom. The number of amides is 1. The fourth-order valence-corrected chi connectivity index (χ4v) is 1.32. The summed E-state index contributed by atoms with van der Waals surface area (Å²) in [6.45, 7) is 0. The van der Waals surface area contributed by atoms with Crippen LogP contribution in [0.1, 0.15) is 5.56 Å². The summed E-state index contributed by atoms with van der Waals surface area (Å²) < 4.78 is 31.4. The molecule has 0 spiro atoms. The standard InChI is InChI=1S/C11H14F2N2O2/c1-15(2)14-11(16)5-7-4-9(13)10(17-3)6-8(7)12/h4,6H,5H2,1-3H3,(H,14,16). The Labute approximate surface area is 98.1 Å². The van der Waals surface area contributed by atoms with E-state index in [1.54, 1.807) is 14.1 Å². The molecule has 1 aromatic carbocycles. The van der Waals surface area contributed by atoms with Crippen molar-refractivity contribution in [3.05, 3.63) is 29.3 Å². The highest BCUT2D eigenvalue weighted by atomic mass is 19.1. The lowest BCUT2D eigenvalue weighted by atomic mass is 10.1. The Balaban J connectivity index is 2.85. The molecule has 1 amide bonds. The van der Waals surface area contributed by atoms with Gasteiger partial charge in [0.15, 0.2) is 11.6 Å². The van der Waals surface area contributed by atoms with Gasteiger partial charge in [0, 0.05) is 25.7 Å². The molecule has 6 heteroatoms. The van der Waals surface area contributed by atoms with Crippen LogP contribution in [0.2, 0.25) is 0 Å². The third kappa shape index (κ3) is 3.67. The van der Waals surface area contributed by atoms with Crippen LogP contribution in [0.4, 0.5) is 8.78 Å². The molecule has 0 radical (unpaired) electrons. The molecule has 0 aliphatic rings. The number of benzene rings is 1. The van der Waals surface area contributed by atoms with E-state index < -0.39 is 17.5 Å². The smallest absolute Gasteiger partial charge is 0.238 e. The number of hydrogen-bond acceptors (Lipinski definition) is 3. The van der Waals surface area contributed by atoms with E-state index in [4.69, 9.17) is 0 Å². The molecule has 0 aromatic heterocycles. The Hall–Kier alpha value is -1.69. The maximum atomic E-state index is 13.5. The molecular formula is C11H14F2N2O2. The minimum Gasteiger partial charge on any atom is -0.494 e. The molecule has 0 saturated heterocycles. The van der Waals surface area contributed by atoms with E-state index in [0.29, 0.717) is 0 Å². The number of hydrazine groups is 1. The number of nitrogens with zero attached hydrogens (tertiary/aromatic N) is 1. The van der Waals surface area contributed by atoms with E-state index in [9.17, 15) is 13.6 Å². The van der Waals surface area contributed by atoms with Crippen LogP contribution in [0.3, 0.4) is 0 Å². The fraction of sp³-hybridized carbons (Fsp3) is 0.364. The molecule has 94 valence electrons. The monoisotopic (exact) mass is 244 g/mol. The van der Waals surface area contributed by atoms with Gasteiger partial charge in [-0.25, -0.2) is 13.8 Å². The van der Waals surface area contributed by atoms with Gasteiger partial charge in [0.2, 0.25) is 5.91 Å². The van der Waals surface area contributed by atoms with Crippen molar-refractivity contribution in [2.45, 2.75) is 6.42 Å². The second-order valence-electron chi connectivity index (χ2n) is 3.68. The number of carbonyl (C=O) groups is 1. The maximum absolute atomic E-state index is 13.5. The first-order valence-electron chi connectivity index (χ1n) is 4.92. The quantitative estimate of drug-likeness (QED) is 0.807. The molecule has 0 atom stereocenters. The van der Waals surface area contributed by atoms with Gasteiger partial charge in [-0.3, -0.25) is 10.2 Å². The molecule has 0 aliphatic heterocycles. The number of carbonyl (C=O) groups excluding carboxylic acids is 1. The largest absolute Gasteiger partial charge is 0.494 e. The maximum Gasteiger partial charge on any atom is 0.238 e. The molecular weight excluding hydrogens is 230 g/mol. The summed E-state index contributed by atoms with van der Waals surface area (Å²) >= 11 is 0. The summed E-state index contributed by atoms with van der Waals surface area (Å²) in [6.07, 6.45) is -0.231. The van der Waals surface area contributed by atoms with E-state index in [2.05, 4.69) is 10.2 Å². The van der Waals surface area contributed by atoms with Gasteiger partial charge in [0.05, 0.1) is 13.5 Å². The normalized spacial score (nSPS) is 10.5. The van der Waals surface area contributed by atoms with Crippen molar-refractivity contribution < 1.29 is 18.3 Å². The second kappa shape index (κ2) is 5.58. The van der Waals surface area contributed by atoms with Crippen molar-refractivity contribution in [1.29, 1.82) is 0 Å². The van der Waals surface area contributed by atoms with E-state index >= 15 is 0 Å². The van der Waals surface area contributed by atoms with Crippen molar-refractivity contribution in [1.82, 2.24) is 10.4 Å². The van der Waals surface area contributed by atoms with Crippen LogP contribution in [0.25, 0.3) is 0 Å². The summed E-state index contributed by atoms with van der Waals surface area (Å²) in [7, 11) is 4.50. The summed E-state index contributed by atoms with van der Waals surface area (Å²) in [6, 6.07) is 1.89. The molecule has 1 rings (SSSR count). The zero-order valence-electron chi connectivity index (χ0n) is 9.88. The minimum absolute atomic E-state index is 0.0114. The number of halogens is 2. The highest BCUT2D eigenvalue weighted by molar-refractivity contribution is 5.78. The molecule has 0 aliphatic carbocycles. The number of rotatable bonds is 4. The van der Waals surface area contributed by atoms with E-state index in [-0.39, 0.29) is 17.7 Å². The summed E-state index contributed by atoms with van der Waals surface area (Å²) in [5, 5.41) is 1.43. The number of ether oxygens (including phenoxy) is 1. The number of hydrogen-bond donors (Lipinski definition) is 1. The SMILES string of the molecule is COc1cc(F)c(CC(=O)NN(C)C)cc1F. The molecule has 0 saturated carbocycles. The van der Waals surface area contributed by atoms with Crippen molar-refractivity contribution >= 4 is 5.91 Å². The highest BCUT2D eigenvalue weighted by Crippen LogP contribution is 2.21. The van der Waals surface area contributed by atoms with Gasteiger partial charge in [-0.2, -0.15) is 0 Å². The molecule has 0 bridgehead atoms. The first kappa shape index (κ1) is 13.4. The zero-order valence-corrected chi connectivity index (χ0v) is 9.88. The van der Waals surface area contributed by atoms with Crippen LogP contribution in [0, 0.1) is 11.6 Å². The Bertz CT molecular complexity index is 422. The number of methoxy groups -OCH3 is 1. The van der Waals surface area contributed by atoms with Crippen LogP contribution in [-0.2, 0) is 11.2 Å². The van der Waals surface area contributed by atoms with Crippen molar-refractivity contribution in [2.75, 3.05) is 21.2 Å². The average Bonchev–Trinajstić information content (AvgIpc) is 2.21. The Morgan fingerprint density at radius 2 is 2.00 bits per heavy atom. The van der Waals surface area contributed by atoms with Crippen molar-refractivity contribution in [3.8, 4) is 5.75 Å². The van der Waals surface area contributed by atoms with Gasteiger partial charge in [-0.05, 0) is 6.07 Å². The lowest BCUT2D eigenvalue weighted by Crippen LogP contribution is -2.37. The predicted octanol–water partition coefficient (Wildman–Crippen LogP) is 1.11. The third-order valence-corrected chi connectivity index (χ3v) is 2.02. The van der Waals surface area contributed by atoms with Gasteiger partial charge < -0.3 is 4.74 Å². The van der Waals surface area contributed by atoms with Crippen LogP contribution < -0.4 is 10.2 Å². The van der Waals surface area contributed by atoms with E-state index in [1.807, 2.05) is 0 Å². The van der Waals surface area contributed by atoms with Crippen LogP contribution in [0.5, 0.6) is 5.75 Å². The fourth-order valence-electron chi connectivity index (χ4n) is 1.32. The highest BCUT2D eigenvalue weighted by Gasteiger charge is 2.13. The van der Waals surface area contributed by atoms with Crippen molar-refractivity contribution in [2.24, 2.45) is 0 Å². The Morgan fingerprint density at radius 1 is 1.35 bits per heavy atom.